The molecule has 7 nitrogen and oxygen atoms in total. The molecular formula is C17H23N3O4S. The molecule has 2 fully saturated rings. The molecule has 1 aromatic rings. The summed E-state index contributed by atoms with van der Waals surface area (Å²) in [4.78, 5) is 39.2. The van der Waals surface area contributed by atoms with Gasteiger partial charge in [0.1, 0.15) is 0 Å². The minimum absolute atomic E-state index is 0.0216. The summed E-state index contributed by atoms with van der Waals surface area (Å²) in [6.07, 6.45) is 2.64. The highest BCUT2D eigenvalue weighted by Gasteiger charge is 2.29. The van der Waals surface area contributed by atoms with E-state index in [2.05, 4.69) is 5.32 Å². The third-order valence-electron chi connectivity index (χ3n) is 5.03. The van der Waals surface area contributed by atoms with E-state index in [4.69, 9.17) is 5.11 Å². The summed E-state index contributed by atoms with van der Waals surface area (Å²) in [5.74, 6) is -0.996. The Kier molecular flexibility index (Phi) is 5.57. The second kappa shape index (κ2) is 7.86. The Labute approximate surface area is 150 Å². The van der Waals surface area contributed by atoms with E-state index in [1.54, 1.807) is 9.80 Å². The number of hydrogen-bond donors (Lipinski definition) is 2. The van der Waals surface area contributed by atoms with Gasteiger partial charge in [-0.25, -0.2) is 4.79 Å². The van der Waals surface area contributed by atoms with Crippen molar-refractivity contribution >= 4 is 29.2 Å². The Morgan fingerprint density at radius 1 is 1.04 bits per heavy atom. The maximum absolute atomic E-state index is 12.4. The van der Waals surface area contributed by atoms with E-state index >= 15 is 0 Å². The zero-order chi connectivity index (χ0) is 17.8. The molecule has 1 aliphatic heterocycles. The van der Waals surface area contributed by atoms with Gasteiger partial charge in [0, 0.05) is 37.6 Å². The predicted octanol–water partition coefficient (Wildman–Crippen LogP) is 1.86. The number of hydrogen-bond acceptors (Lipinski definition) is 4. The first-order valence-electron chi connectivity index (χ1n) is 8.64. The molecule has 0 spiro atoms. The summed E-state index contributed by atoms with van der Waals surface area (Å²) in [7, 11) is 0. The first kappa shape index (κ1) is 17.7. The number of thiophene rings is 1. The van der Waals surface area contributed by atoms with E-state index in [1.807, 2.05) is 16.8 Å². The lowest BCUT2D eigenvalue weighted by Crippen LogP contribution is -2.54. The first-order chi connectivity index (χ1) is 12.0. The molecule has 1 aromatic heterocycles. The monoisotopic (exact) mass is 365 g/mol. The maximum Gasteiger partial charge on any atom is 0.317 e. The zero-order valence-electron chi connectivity index (χ0n) is 14.0. The van der Waals surface area contributed by atoms with Crippen molar-refractivity contribution < 1.29 is 19.5 Å². The number of carbonyl (C=O) groups is 3. The Balaban J connectivity index is 1.43. The number of amides is 3. The molecule has 0 radical (unpaired) electrons. The molecule has 8 heteroatoms. The lowest BCUT2D eigenvalue weighted by Gasteiger charge is -2.36. The van der Waals surface area contributed by atoms with Crippen molar-refractivity contribution in [2.24, 2.45) is 5.92 Å². The molecule has 136 valence electrons. The van der Waals surface area contributed by atoms with E-state index in [9.17, 15) is 14.4 Å². The summed E-state index contributed by atoms with van der Waals surface area (Å²) >= 11 is 1.50. The molecule has 3 amide bonds. The van der Waals surface area contributed by atoms with E-state index in [0.717, 1.165) is 0 Å². The van der Waals surface area contributed by atoms with Crippen LogP contribution in [-0.4, -0.2) is 65.0 Å². The number of nitrogens with one attached hydrogen (secondary N) is 1. The van der Waals surface area contributed by atoms with Crippen molar-refractivity contribution in [3.8, 4) is 0 Å². The molecule has 1 saturated heterocycles. The number of carboxylic acids is 1. The molecule has 2 N–H and O–H groups in total. The van der Waals surface area contributed by atoms with Gasteiger partial charge >= 0.3 is 12.0 Å². The van der Waals surface area contributed by atoms with Gasteiger partial charge in [-0.15, -0.1) is 0 Å². The highest BCUT2D eigenvalue weighted by molar-refractivity contribution is 7.08. The Morgan fingerprint density at radius 3 is 2.24 bits per heavy atom. The molecule has 0 unspecified atom stereocenters. The number of carboxylic acid groups (broad SMARTS) is 1. The molecule has 1 aliphatic carbocycles. The zero-order valence-corrected chi connectivity index (χ0v) is 14.8. The van der Waals surface area contributed by atoms with Crippen molar-refractivity contribution in [1.82, 2.24) is 15.1 Å². The fourth-order valence-corrected chi connectivity index (χ4v) is 4.06. The first-order valence-corrected chi connectivity index (χ1v) is 9.58. The van der Waals surface area contributed by atoms with Crippen LogP contribution in [0.3, 0.4) is 0 Å². The molecule has 25 heavy (non-hydrogen) atoms. The summed E-state index contributed by atoms with van der Waals surface area (Å²) in [6.45, 7) is 2.11. The maximum atomic E-state index is 12.4. The van der Waals surface area contributed by atoms with Crippen LogP contribution in [0.1, 0.15) is 36.0 Å². The molecule has 3 rings (SSSR count). The largest absolute Gasteiger partial charge is 0.481 e. The lowest BCUT2D eigenvalue weighted by atomic mass is 9.86. The van der Waals surface area contributed by atoms with E-state index in [1.165, 1.54) is 11.3 Å². The van der Waals surface area contributed by atoms with Gasteiger partial charge in [-0.1, -0.05) is 0 Å². The van der Waals surface area contributed by atoms with Gasteiger partial charge in [0.05, 0.1) is 11.5 Å². The fraction of sp³-hybridized carbons (Fsp3) is 0.588. The van der Waals surface area contributed by atoms with Gasteiger partial charge in [0.15, 0.2) is 0 Å². The van der Waals surface area contributed by atoms with Crippen molar-refractivity contribution in [3.05, 3.63) is 22.4 Å². The summed E-state index contributed by atoms with van der Waals surface area (Å²) < 4.78 is 0. The van der Waals surface area contributed by atoms with Gasteiger partial charge in [-0.3, -0.25) is 9.59 Å². The molecule has 1 saturated carbocycles. The van der Waals surface area contributed by atoms with Crippen molar-refractivity contribution in [2.45, 2.75) is 31.7 Å². The number of piperazine rings is 1. The molecule has 0 bridgehead atoms. The smallest absolute Gasteiger partial charge is 0.317 e. The number of rotatable bonds is 3. The van der Waals surface area contributed by atoms with Gasteiger partial charge in [0.2, 0.25) is 0 Å². The third kappa shape index (κ3) is 4.31. The summed E-state index contributed by atoms with van der Waals surface area (Å²) in [5, 5.41) is 15.8. The predicted molar refractivity (Wildman–Crippen MR) is 93.7 cm³/mol. The van der Waals surface area contributed by atoms with Crippen LogP contribution < -0.4 is 5.32 Å². The van der Waals surface area contributed by atoms with E-state index in [0.29, 0.717) is 57.4 Å². The second-order valence-electron chi connectivity index (χ2n) is 6.63. The fourth-order valence-electron chi connectivity index (χ4n) is 3.43. The van der Waals surface area contributed by atoms with Crippen molar-refractivity contribution in [3.63, 3.8) is 0 Å². The van der Waals surface area contributed by atoms with Crippen LogP contribution in [0.5, 0.6) is 0 Å². The summed E-state index contributed by atoms with van der Waals surface area (Å²) in [5.41, 5.74) is 0.707. The van der Waals surface area contributed by atoms with Crippen molar-refractivity contribution in [2.75, 3.05) is 26.2 Å². The van der Waals surface area contributed by atoms with Crippen LogP contribution in [0.25, 0.3) is 0 Å². The molecule has 2 aliphatic rings. The van der Waals surface area contributed by atoms with Crippen LogP contribution in [0.2, 0.25) is 0 Å². The topological polar surface area (TPSA) is 89.9 Å². The van der Waals surface area contributed by atoms with Crippen LogP contribution in [0.15, 0.2) is 16.8 Å². The SMILES string of the molecule is O=C(O)C1CCC(NC(=O)N2CCN(C(=O)c3ccsc3)CC2)CC1. The Hall–Kier alpha value is -2.09. The number of urea groups is 1. The molecule has 2 heterocycles. The van der Waals surface area contributed by atoms with E-state index in [-0.39, 0.29) is 23.9 Å². The van der Waals surface area contributed by atoms with Gasteiger partial charge in [-0.2, -0.15) is 11.3 Å². The standard InChI is InChI=1S/C17H23N3O4S/c21-15(13-5-10-25-11-13)19-6-8-20(9-7-19)17(24)18-14-3-1-12(2-4-14)16(22)23/h5,10-12,14H,1-4,6-9H2,(H,18,24)(H,22,23). The van der Waals surface area contributed by atoms with Crippen LogP contribution in [0.4, 0.5) is 4.79 Å². The van der Waals surface area contributed by atoms with Crippen LogP contribution in [0, 0.1) is 5.92 Å². The molecule has 0 aromatic carbocycles. The van der Waals surface area contributed by atoms with Gasteiger partial charge in [0.25, 0.3) is 5.91 Å². The summed E-state index contributed by atoms with van der Waals surface area (Å²) in [6, 6.07) is 1.76. The minimum atomic E-state index is -0.740. The van der Waals surface area contributed by atoms with Gasteiger partial charge in [-0.05, 0) is 37.1 Å². The average molecular weight is 365 g/mol. The number of carbonyl (C=O) groups excluding carboxylic acids is 2. The molecular weight excluding hydrogens is 342 g/mol. The normalized spacial score (nSPS) is 24.0. The lowest BCUT2D eigenvalue weighted by molar-refractivity contribution is -0.142. The van der Waals surface area contributed by atoms with Crippen molar-refractivity contribution in [1.29, 1.82) is 0 Å². The highest BCUT2D eigenvalue weighted by Crippen LogP contribution is 2.24. The van der Waals surface area contributed by atoms with Crippen LogP contribution in [-0.2, 0) is 4.79 Å². The average Bonchev–Trinajstić information content (AvgIpc) is 3.16. The second-order valence-corrected chi connectivity index (χ2v) is 7.41. The highest BCUT2D eigenvalue weighted by atomic mass is 32.1. The van der Waals surface area contributed by atoms with Gasteiger partial charge < -0.3 is 20.2 Å². The number of nitrogens with zero attached hydrogens (tertiary/aromatic N) is 2. The Bertz CT molecular complexity index is 618. The third-order valence-corrected chi connectivity index (χ3v) is 5.71. The van der Waals surface area contributed by atoms with Crippen LogP contribution >= 0.6 is 11.3 Å². The quantitative estimate of drug-likeness (QED) is 0.855. The minimum Gasteiger partial charge on any atom is -0.481 e. The van der Waals surface area contributed by atoms with E-state index < -0.39 is 5.97 Å². The number of aliphatic carboxylic acids is 1. The Morgan fingerprint density at radius 2 is 1.68 bits per heavy atom. The molecule has 0 atom stereocenters.